The third-order valence-corrected chi connectivity index (χ3v) is 4.43. The van der Waals surface area contributed by atoms with Crippen LogP contribution in [-0.2, 0) is 13.1 Å². The minimum atomic E-state index is -0.174. The Kier molecular flexibility index (Phi) is 4.94. The fraction of sp³-hybridized carbons (Fsp3) is 0.400. The van der Waals surface area contributed by atoms with E-state index in [2.05, 4.69) is 33.3 Å². The van der Waals surface area contributed by atoms with Crippen LogP contribution < -0.4 is 5.32 Å². The zero-order valence-corrected chi connectivity index (χ0v) is 13.5. The third kappa shape index (κ3) is 3.10. The van der Waals surface area contributed by atoms with Crippen LogP contribution in [0.3, 0.4) is 0 Å². The smallest absolute Gasteiger partial charge is 0.127 e. The highest BCUT2D eigenvalue weighted by Crippen LogP contribution is 2.22. The summed E-state index contributed by atoms with van der Waals surface area (Å²) < 4.78 is 16.7. The van der Waals surface area contributed by atoms with Gasteiger partial charge in [-0.1, -0.05) is 18.2 Å². The van der Waals surface area contributed by atoms with Crippen LogP contribution in [0.4, 0.5) is 4.39 Å². The predicted molar refractivity (Wildman–Crippen MR) is 82.0 cm³/mol. The molecule has 5 heteroatoms. The zero-order valence-electron chi connectivity index (χ0n) is 12.0. The standard InChI is InChI=1S/C15H19BrFN3/c1-4-20-14(15(16)11(3)19-20)9-18-10(2)12-7-5-6-8-13(12)17/h5-8,10,18H,4,9H2,1-3H3/t10-/m1/s1. The molecular formula is C15H19BrFN3. The topological polar surface area (TPSA) is 29.9 Å². The Hall–Kier alpha value is -1.20. The molecule has 0 radical (unpaired) electrons. The number of aryl methyl sites for hydroxylation is 2. The maximum Gasteiger partial charge on any atom is 0.127 e. The van der Waals surface area contributed by atoms with Gasteiger partial charge in [-0.25, -0.2) is 4.39 Å². The highest BCUT2D eigenvalue weighted by Gasteiger charge is 2.14. The van der Waals surface area contributed by atoms with E-state index in [1.54, 1.807) is 6.07 Å². The monoisotopic (exact) mass is 339 g/mol. The molecule has 0 aliphatic rings. The maximum atomic E-state index is 13.7. The number of hydrogen-bond acceptors (Lipinski definition) is 2. The molecule has 0 bridgehead atoms. The van der Waals surface area contributed by atoms with Gasteiger partial charge in [0.05, 0.1) is 15.9 Å². The lowest BCUT2D eigenvalue weighted by Gasteiger charge is -2.15. The SMILES string of the molecule is CCn1nc(C)c(Br)c1CN[C@H](C)c1ccccc1F. The van der Waals surface area contributed by atoms with Gasteiger partial charge in [0.1, 0.15) is 5.82 Å². The lowest BCUT2D eigenvalue weighted by Crippen LogP contribution is -2.21. The summed E-state index contributed by atoms with van der Waals surface area (Å²) >= 11 is 3.57. The van der Waals surface area contributed by atoms with E-state index in [9.17, 15) is 4.39 Å². The van der Waals surface area contributed by atoms with Crippen molar-refractivity contribution in [1.29, 1.82) is 0 Å². The quantitative estimate of drug-likeness (QED) is 0.893. The molecule has 2 rings (SSSR count). The van der Waals surface area contributed by atoms with Crippen molar-refractivity contribution in [2.75, 3.05) is 0 Å². The minimum Gasteiger partial charge on any atom is -0.304 e. The number of rotatable bonds is 5. The molecule has 20 heavy (non-hydrogen) atoms. The van der Waals surface area contributed by atoms with E-state index in [1.807, 2.05) is 30.7 Å². The number of aromatic nitrogens is 2. The van der Waals surface area contributed by atoms with Crippen molar-refractivity contribution in [3.63, 3.8) is 0 Å². The fourth-order valence-corrected chi connectivity index (χ4v) is 2.65. The van der Waals surface area contributed by atoms with Crippen molar-refractivity contribution < 1.29 is 4.39 Å². The normalized spacial score (nSPS) is 12.7. The van der Waals surface area contributed by atoms with Gasteiger partial charge in [-0.2, -0.15) is 5.10 Å². The van der Waals surface area contributed by atoms with Crippen LogP contribution in [0.15, 0.2) is 28.7 Å². The molecule has 1 aromatic carbocycles. The lowest BCUT2D eigenvalue weighted by molar-refractivity contribution is 0.505. The van der Waals surface area contributed by atoms with Crippen LogP contribution in [0.25, 0.3) is 0 Å². The number of hydrogen-bond donors (Lipinski definition) is 1. The average molecular weight is 340 g/mol. The van der Waals surface area contributed by atoms with Gasteiger partial charge < -0.3 is 5.32 Å². The molecular weight excluding hydrogens is 321 g/mol. The highest BCUT2D eigenvalue weighted by molar-refractivity contribution is 9.10. The van der Waals surface area contributed by atoms with Crippen LogP contribution in [0.1, 0.15) is 36.8 Å². The summed E-state index contributed by atoms with van der Waals surface area (Å²) in [5.74, 6) is -0.174. The van der Waals surface area contributed by atoms with Crippen molar-refractivity contribution in [3.8, 4) is 0 Å². The number of halogens is 2. The van der Waals surface area contributed by atoms with Gasteiger partial charge in [0.15, 0.2) is 0 Å². The Bertz CT molecular complexity index is 595. The number of nitrogens with one attached hydrogen (secondary N) is 1. The molecule has 3 nitrogen and oxygen atoms in total. The molecule has 0 spiro atoms. The van der Waals surface area contributed by atoms with Gasteiger partial charge in [0.25, 0.3) is 0 Å². The van der Waals surface area contributed by atoms with Gasteiger partial charge >= 0.3 is 0 Å². The first-order chi connectivity index (χ1) is 9.54. The molecule has 2 aromatic rings. The molecule has 1 heterocycles. The third-order valence-electron chi connectivity index (χ3n) is 3.40. The minimum absolute atomic E-state index is 0.0522. The van der Waals surface area contributed by atoms with E-state index < -0.39 is 0 Å². The van der Waals surface area contributed by atoms with Gasteiger partial charge in [-0.3, -0.25) is 4.68 Å². The van der Waals surface area contributed by atoms with E-state index in [0.29, 0.717) is 12.1 Å². The summed E-state index contributed by atoms with van der Waals surface area (Å²) in [7, 11) is 0. The molecule has 1 atom stereocenters. The van der Waals surface area contributed by atoms with Crippen molar-refractivity contribution >= 4 is 15.9 Å². The van der Waals surface area contributed by atoms with Crippen molar-refractivity contribution in [2.45, 2.75) is 39.9 Å². The van der Waals surface area contributed by atoms with Crippen LogP contribution in [-0.4, -0.2) is 9.78 Å². The zero-order chi connectivity index (χ0) is 14.7. The Morgan fingerprint density at radius 3 is 2.75 bits per heavy atom. The molecule has 0 unspecified atom stereocenters. The van der Waals surface area contributed by atoms with Crippen LogP contribution in [0, 0.1) is 12.7 Å². The van der Waals surface area contributed by atoms with E-state index in [1.165, 1.54) is 6.07 Å². The van der Waals surface area contributed by atoms with Gasteiger partial charge in [-0.15, -0.1) is 0 Å². The molecule has 1 N–H and O–H groups in total. The van der Waals surface area contributed by atoms with Crippen LogP contribution >= 0.6 is 15.9 Å². The van der Waals surface area contributed by atoms with Crippen molar-refractivity contribution in [2.24, 2.45) is 0 Å². The molecule has 0 saturated heterocycles. The molecule has 0 aliphatic carbocycles. The second-order valence-corrected chi connectivity index (χ2v) is 5.58. The molecule has 0 fully saturated rings. The van der Waals surface area contributed by atoms with E-state index in [4.69, 9.17) is 0 Å². The Balaban J connectivity index is 2.11. The summed E-state index contributed by atoms with van der Waals surface area (Å²) in [6.07, 6.45) is 0. The first-order valence-corrected chi connectivity index (χ1v) is 7.53. The van der Waals surface area contributed by atoms with Crippen LogP contribution in [0.5, 0.6) is 0 Å². The van der Waals surface area contributed by atoms with Gasteiger partial charge in [-0.05, 0) is 42.8 Å². The summed E-state index contributed by atoms with van der Waals surface area (Å²) in [6, 6.07) is 6.81. The molecule has 0 amide bonds. The predicted octanol–water partition coefficient (Wildman–Crippen LogP) is 3.96. The second-order valence-electron chi connectivity index (χ2n) is 4.79. The summed E-state index contributed by atoms with van der Waals surface area (Å²) in [6.45, 7) is 7.46. The van der Waals surface area contributed by atoms with Gasteiger partial charge in [0, 0.05) is 24.7 Å². The highest BCUT2D eigenvalue weighted by atomic mass is 79.9. The molecule has 108 valence electrons. The molecule has 0 aliphatic heterocycles. The molecule has 1 aromatic heterocycles. The number of nitrogens with zero attached hydrogens (tertiary/aromatic N) is 2. The Labute approximate surface area is 127 Å². The average Bonchev–Trinajstić information content (AvgIpc) is 2.72. The Morgan fingerprint density at radius 2 is 2.10 bits per heavy atom. The lowest BCUT2D eigenvalue weighted by atomic mass is 10.1. The van der Waals surface area contributed by atoms with E-state index in [0.717, 1.165) is 22.4 Å². The first kappa shape index (κ1) is 15.2. The van der Waals surface area contributed by atoms with Crippen molar-refractivity contribution in [3.05, 3.63) is 51.5 Å². The largest absolute Gasteiger partial charge is 0.304 e. The summed E-state index contributed by atoms with van der Waals surface area (Å²) in [5, 5.41) is 7.81. The van der Waals surface area contributed by atoms with Gasteiger partial charge in [0.2, 0.25) is 0 Å². The second kappa shape index (κ2) is 6.50. The summed E-state index contributed by atoms with van der Waals surface area (Å²) in [4.78, 5) is 0. The maximum absolute atomic E-state index is 13.7. The van der Waals surface area contributed by atoms with E-state index >= 15 is 0 Å². The number of benzene rings is 1. The first-order valence-electron chi connectivity index (χ1n) is 6.74. The van der Waals surface area contributed by atoms with E-state index in [-0.39, 0.29) is 11.9 Å². The molecule has 0 saturated carbocycles. The van der Waals surface area contributed by atoms with Crippen molar-refractivity contribution in [1.82, 2.24) is 15.1 Å². The Morgan fingerprint density at radius 1 is 1.40 bits per heavy atom. The summed E-state index contributed by atoms with van der Waals surface area (Å²) in [5.41, 5.74) is 2.75. The van der Waals surface area contributed by atoms with Crippen LogP contribution in [0.2, 0.25) is 0 Å². The fourth-order valence-electron chi connectivity index (χ4n) is 2.22.